The topological polar surface area (TPSA) is 56.8 Å². The molecule has 2 rings (SSSR count). The Morgan fingerprint density at radius 3 is 2.28 bits per heavy atom. The van der Waals surface area contributed by atoms with Crippen LogP contribution < -0.4 is 19.5 Å². The zero-order valence-electron chi connectivity index (χ0n) is 13.6. The van der Waals surface area contributed by atoms with E-state index >= 15 is 0 Å². The summed E-state index contributed by atoms with van der Waals surface area (Å²) in [6, 6.07) is 8.11. The minimum Gasteiger partial charge on any atom is -0.493 e. The number of hydrogen-bond acceptors (Lipinski definition) is 4. The predicted octanol–water partition coefficient (Wildman–Crippen LogP) is 4.36. The van der Waals surface area contributed by atoms with Crippen molar-refractivity contribution in [1.29, 1.82) is 0 Å². The standard InChI is InChI=1S/C17H16Cl3NO4/c1-23-15-5-10(12(19)7-16(15)24-2)8-21-17(22)9-25-14-4-3-11(18)6-13(14)20/h3-7H,8-9H2,1-2H3,(H,21,22). The Labute approximate surface area is 160 Å². The highest BCUT2D eigenvalue weighted by Gasteiger charge is 2.12. The molecule has 1 amide bonds. The molecule has 2 aromatic rings. The van der Waals surface area contributed by atoms with Gasteiger partial charge in [0.15, 0.2) is 18.1 Å². The SMILES string of the molecule is COc1cc(Cl)c(CNC(=O)COc2ccc(Cl)cc2Cl)cc1OC. The van der Waals surface area contributed by atoms with Gasteiger partial charge in [-0.3, -0.25) is 4.79 Å². The summed E-state index contributed by atoms with van der Waals surface area (Å²) in [7, 11) is 3.05. The van der Waals surface area contributed by atoms with Crippen LogP contribution in [0.15, 0.2) is 30.3 Å². The summed E-state index contributed by atoms with van der Waals surface area (Å²) in [5, 5.41) is 4.00. The fourth-order valence-corrected chi connectivity index (χ4v) is 2.70. The first-order chi connectivity index (χ1) is 11.9. The highest BCUT2D eigenvalue weighted by molar-refractivity contribution is 6.35. The van der Waals surface area contributed by atoms with Gasteiger partial charge in [-0.1, -0.05) is 34.8 Å². The van der Waals surface area contributed by atoms with Gasteiger partial charge >= 0.3 is 0 Å². The molecule has 0 aliphatic rings. The van der Waals surface area contributed by atoms with Gasteiger partial charge in [0.1, 0.15) is 5.75 Å². The summed E-state index contributed by atoms with van der Waals surface area (Å²) in [4.78, 5) is 12.0. The third-order valence-corrected chi connectivity index (χ3v) is 4.16. The van der Waals surface area contributed by atoms with Crippen LogP contribution in [-0.4, -0.2) is 26.7 Å². The van der Waals surface area contributed by atoms with E-state index in [2.05, 4.69) is 5.32 Å². The Bertz CT molecular complexity index is 768. The van der Waals surface area contributed by atoms with Crippen molar-refractivity contribution in [2.24, 2.45) is 0 Å². The maximum absolute atomic E-state index is 12.0. The summed E-state index contributed by atoms with van der Waals surface area (Å²) < 4.78 is 15.8. The summed E-state index contributed by atoms with van der Waals surface area (Å²) >= 11 is 18.0. The van der Waals surface area contributed by atoms with E-state index in [9.17, 15) is 4.79 Å². The fourth-order valence-electron chi connectivity index (χ4n) is 2.01. The molecule has 0 radical (unpaired) electrons. The van der Waals surface area contributed by atoms with E-state index in [1.807, 2.05) is 0 Å². The number of carbonyl (C=O) groups excluding carboxylic acids is 1. The molecule has 25 heavy (non-hydrogen) atoms. The molecule has 0 aliphatic heterocycles. The molecule has 0 bridgehead atoms. The maximum atomic E-state index is 12.0. The average molecular weight is 405 g/mol. The summed E-state index contributed by atoms with van der Waals surface area (Å²) in [5.74, 6) is 1.10. The zero-order valence-corrected chi connectivity index (χ0v) is 15.8. The molecule has 0 saturated carbocycles. The monoisotopic (exact) mass is 403 g/mol. The zero-order chi connectivity index (χ0) is 18.4. The van der Waals surface area contributed by atoms with Gasteiger partial charge in [0.05, 0.1) is 19.2 Å². The van der Waals surface area contributed by atoms with Gasteiger partial charge in [-0.15, -0.1) is 0 Å². The minimum absolute atomic E-state index is 0.188. The van der Waals surface area contributed by atoms with Crippen molar-refractivity contribution in [3.8, 4) is 17.2 Å². The molecule has 0 heterocycles. The van der Waals surface area contributed by atoms with Crippen LogP contribution in [-0.2, 0) is 11.3 Å². The number of halogens is 3. The van der Waals surface area contributed by atoms with Gasteiger partial charge in [-0.25, -0.2) is 0 Å². The molecule has 1 N–H and O–H groups in total. The fraction of sp³-hybridized carbons (Fsp3) is 0.235. The molecule has 0 spiro atoms. The van der Waals surface area contributed by atoms with Crippen LogP contribution in [0.25, 0.3) is 0 Å². The van der Waals surface area contributed by atoms with Crippen LogP contribution >= 0.6 is 34.8 Å². The van der Waals surface area contributed by atoms with Crippen molar-refractivity contribution in [2.75, 3.05) is 20.8 Å². The number of rotatable bonds is 7. The van der Waals surface area contributed by atoms with E-state index in [0.717, 1.165) is 0 Å². The van der Waals surface area contributed by atoms with Gasteiger partial charge in [-0.2, -0.15) is 0 Å². The lowest BCUT2D eigenvalue weighted by atomic mass is 10.2. The Hall–Kier alpha value is -1.82. The molecule has 134 valence electrons. The Morgan fingerprint density at radius 2 is 1.64 bits per heavy atom. The normalized spacial score (nSPS) is 10.3. The number of amides is 1. The largest absolute Gasteiger partial charge is 0.493 e. The highest BCUT2D eigenvalue weighted by atomic mass is 35.5. The van der Waals surface area contributed by atoms with E-state index in [1.54, 1.807) is 30.3 Å². The smallest absolute Gasteiger partial charge is 0.258 e. The molecule has 0 unspecified atom stereocenters. The second-order valence-electron chi connectivity index (χ2n) is 4.94. The van der Waals surface area contributed by atoms with Crippen molar-refractivity contribution in [2.45, 2.75) is 6.54 Å². The van der Waals surface area contributed by atoms with Gasteiger partial charge in [0, 0.05) is 22.7 Å². The van der Waals surface area contributed by atoms with E-state index in [0.29, 0.717) is 37.9 Å². The van der Waals surface area contributed by atoms with E-state index in [-0.39, 0.29) is 19.1 Å². The number of benzene rings is 2. The summed E-state index contributed by atoms with van der Waals surface area (Å²) in [5.41, 5.74) is 0.692. The van der Waals surface area contributed by atoms with Crippen LogP contribution in [0.2, 0.25) is 15.1 Å². The Morgan fingerprint density at radius 1 is 0.960 bits per heavy atom. The van der Waals surface area contributed by atoms with Gasteiger partial charge in [0.25, 0.3) is 5.91 Å². The van der Waals surface area contributed by atoms with Crippen molar-refractivity contribution in [1.82, 2.24) is 5.32 Å². The Kier molecular flexibility index (Phi) is 7.05. The number of nitrogens with one attached hydrogen (secondary N) is 1. The molecule has 0 atom stereocenters. The summed E-state index contributed by atoms with van der Waals surface area (Å²) in [6.07, 6.45) is 0. The third kappa shape index (κ3) is 5.33. The van der Waals surface area contributed by atoms with Gasteiger partial charge < -0.3 is 19.5 Å². The van der Waals surface area contributed by atoms with Gasteiger partial charge in [0.2, 0.25) is 0 Å². The van der Waals surface area contributed by atoms with Crippen molar-refractivity contribution >= 4 is 40.7 Å². The highest BCUT2D eigenvalue weighted by Crippen LogP contribution is 2.33. The molecule has 8 heteroatoms. The molecule has 0 fully saturated rings. The van der Waals surface area contributed by atoms with Crippen molar-refractivity contribution in [3.05, 3.63) is 51.0 Å². The first-order valence-electron chi connectivity index (χ1n) is 7.19. The molecule has 0 aliphatic carbocycles. The first-order valence-corrected chi connectivity index (χ1v) is 8.33. The lowest BCUT2D eigenvalue weighted by Crippen LogP contribution is -2.28. The average Bonchev–Trinajstić information content (AvgIpc) is 2.59. The van der Waals surface area contributed by atoms with E-state index in [1.165, 1.54) is 14.2 Å². The second kappa shape index (κ2) is 9.04. The predicted molar refractivity (Wildman–Crippen MR) is 98.4 cm³/mol. The molecule has 2 aromatic carbocycles. The first kappa shape index (κ1) is 19.5. The van der Waals surface area contributed by atoms with E-state index in [4.69, 9.17) is 49.0 Å². The molecular formula is C17H16Cl3NO4. The van der Waals surface area contributed by atoms with Crippen LogP contribution in [0, 0.1) is 0 Å². The maximum Gasteiger partial charge on any atom is 0.258 e. The second-order valence-corrected chi connectivity index (χ2v) is 6.19. The number of hydrogen-bond donors (Lipinski definition) is 1. The van der Waals surface area contributed by atoms with Crippen LogP contribution in [0.4, 0.5) is 0 Å². The number of carbonyl (C=O) groups is 1. The number of methoxy groups -OCH3 is 2. The number of ether oxygens (including phenoxy) is 3. The molecule has 0 saturated heterocycles. The molecule has 5 nitrogen and oxygen atoms in total. The van der Waals surface area contributed by atoms with Crippen LogP contribution in [0.5, 0.6) is 17.2 Å². The van der Waals surface area contributed by atoms with Crippen molar-refractivity contribution in [3.63, 3.8) is 0 Å². The van der Waals surface area contributed by atoms with Crippen molar-refractivity contribution < 1.29 is 19.0 Å². The van der Waals surface area contributed by atoms with Crippen LogP contribution in [0.1, 0.15) is 5.56 Å². The minimum atomic E-state index is -0.322. The Balaban J connectivity index is 1.93. The molecular weight excluding hydrogens is 389 g/mol. The quantitative estimate of drug-likeness (QED) is 0.745. The molecule has 0 aromatic heterocycles. The third-order valence-electron chi connectivity index (χ3n) is 3.28. The summed E-state index contributed by atoms with van der Waals surface area (Å²) in [6.45, 7) is 0.0298. The lowest BCUT2D eigenvalue weighted by molar-refractivity contribution is -0.123. The van der Waals surface area contributed by atoms with Crippen LogP contribution in [0.3, 0.4) is 0 Å². The van der Waals surface area contributed by atoms with E-state index < -0.39 is 0 Å². The van der Waals surface area contributed by atoms with Gasteiger partial charge in [-0.05, 0) is 29.8 Å². The lowest BCUT2D eigenvalue weighted by Gasteiger charge is -2.13.